The quantitative estimate of drug-likeness (QED) is 0.590. The summed E-state index contributed by atoms with van der Waals surface area (Å²) in [6.45, 7) is 11.5. The smallest absolute Gasteiger partial charge is 0.164 e. The van der Waals surface area contributed by atoms with Crippen molar-refractivity contribution in [1.29, 1.82) is 0 Å². The van der Waals surface area contributed by atoms with E-state index >= 15 is 0 Å². The summed E-state index contributed by atoms with van der Waals surface area (Å²) in [4.78, 5) is 20.5. The van der Waals surface area contributed by atoms with Crippen LogP contribution in [-0.2, 0) is 10.2 Å². The van der Waals surface area contributed by atoms with Crippen LogP contribution in [0.2, 0.25) is 0 Å². The number of hydrogen-bond acceptors (Lipinski definition) is 6. The molecule has 6 heteroatoms. The Hall–Kier alpha value is -3.28. The molecule has 2 aliphatic heterocycles. The van der Waals surface area contributed by atoms with Gasteiger partial charge in [-0.3, -0.25) is 9.78 Å². The van der Waals surface area contributed by atoms with Gasteiger partial charge in [-0.05, 0) is 61.9 Å². The number of nitrogens with zero attached hydrogens (tertiary/aromatic N) is 4. The van der Waals surface area contributed by atoms with Crippen LogP contribution < -0.4 is 10.2 Å². The number of allylic oxidation sites excluding steroid dienone is 2. The zero-order valence-electron chi connectivity index (χ0n) is 20.7. The molecule has 0 bridgehead atoms. The topological polar surface area (TPSA) is 70.0 Å². The Morgan fingerprint density at radius 2 is 1.97 bits per heavy atom. The largest absolute Gasteiger partial charge is 0.362 e. The summed E-state index contributed by atoms with van der Waals surface area (Å²) in [6, 6.07) is 12.7. The van der Waals surface area contributed by atoms with Gasteiger partial charge in [0.25, 0.3) is 0 Å². The van der Waals surface area contributed by atoms with Gasteiger partial charge in [-0.2, -0.15) is 10.2 Å². The van der Waals surface area contributed by atoms with Crippen molar-refractivity contribution in [1.82, 2.24) is 10.3 Å². The zero-order valence-corrected chi connectivity index (χ0v) is 20.7. The van der Waals surface area contributed by atoms with Crippen molar-refractivity contribution in [3.05, 3.63) is 76.9 Å². The van der Waals surface area contributed by atoms with Crippen molar-refractivity contribution in [2.24, 2.45) is 15.6 Å². The Labute approximate surface area is 201 Å². The molecule has 1 aromatic heterocycles. The predicted octanol–water partition coefficient (Wildman–Crippen LogP) is 6.12. The lowest BCUT2D eigenvalue weighted by Gasteiger charge is -2.48. The molecule has 2 unspecified atom stereocenters. The number of benzene rings is 1. The Kier molecular flexibility index (Phi) is 5.42. The third kappa shape index (κ3) is 3.39. The highest BCUT2D eigenvalue weighted by Gasteiger charge is 2.53. The first kappa shape index (κ1) is 22.5. The molecular formula is C28H33N5O. The van der Waals surface area contributed by atoms with Crippen molar-refractivity contribution in [2.45, 2.75) is 65.5 Å². The number of hydrogen-bond donors (Lipinski definition) is 1. The van der Waals surface area contributed by atoms with Crippen LogP contribution in [-0.4, -0.2) is 23.5 Å². The number of azo groups is 1. The van der Waals surface area contributed by atoms with Gasteiger partial charge in [0.15, 0.2) is 11.9 Å². The fraction of sp³-hybridized carbons (Fsp3) is 0.429. The number of aryl methyl sites for hydroxylation is 1. The highest BCUT2D eigenvalue weighted by Crippen LogP contribution is 2.54. The lowest BCUT2D eigenvalue weighted by atomic mass is 9.59. The lowest BCUT2D eigenvalue weighted by molar-refractivity contribution is -0.119. The first-order valence-corrected chi connectivity index (χ1v) is 12.2. The van der Waals surface area contributed by atoms with Crippen molar-refractivity contribution in [2.75, 3.05) is 11.4 Å². The van der Waals surface area contributed by atoms with Gasteiger partial charge >= 0.3 is 0 Å². The number of ketones is 1. The van der Waals surface area contributed by atoms with Gasteiger partial charge < -0.3 is 10.2 Å². The predicted molar refractivity (Wildman–Crippen MR) is 135 cm³/mol. The number of carbonyl (C=O) groups excluding carboxylic acids is 1. The molecule has 6 nitrogen and oxygen atoms in total. The molecular weight excluding hydrogens is 422 g/mol. The summed E-state index contributed by atoms with van der Waals surface area (Å²) in [5.41, 5.74) is 6.70. The fourth-order valence-corrected chi connectivity index (χ4v) is 6.08. The van der Waals surface area contributed by atoms with Gasteiger partial charge in [0.05, 0.1) is 23.0 Å². The van der Waals surface area contributed by atoms with Crippen LogP contribution in [0.1, 0.15) is 58.2 Å². The van der Waals surface area contributed by atoms with Gasteiger partial charge in [-0.15, -0.1) is 0 Å². The van der Waals surface area contributed by atoms with E-state index in [9.17, 15) is 4.79 Å². The van der Waals surface area contributed by atoms with Crippen LogP contribution >= 0.6 is 0 Å². The standard InChI is InChI=1S/C28H33N5O/c1-6-28(19-10-8-11-20(14-19)33(7-2)23-12-9-13-29-18(23)3)21-17-30-32-26(21)31-22-15-27(4,5)16-24(34)25(22)28/h8-14,17,26,31H,6-7,15-16H2,1-5H3. The van der Waals surface area contributed by atoms with Crippen LogP contribution in [0.3, 0.4) is 0 Å². The van der Waals surface area contributed by atoms with Crippen LogP contribution in [0.5, 0.6) is 0 Å². The molecule has 0 saturated heterocycles. The van der Waals surface area contributed by atoms with Gasteiger partial charge in [0, 0.05) is 41.7 Å². The van der Waals surface area contributed by atoms with Gasteiger partial charge in [0.2, 0.25) is 0 Å². The number of pyridine rings is 1. The van der Waals surface area contributed by atoms with Gasteiger partial charge in [-0.1, -0.05) is 32.9 Å². The van der Waals surface area contributed by atoms with E-state index in [4.69, 9.17) is 0 Å². The maximum Gasteiger partial charge on any atom is 0.164 e. The molecule has 1 N–H and O–H groups in total. The summed E-state index contributed by atoms with van der Waals surface area (Å²) < 4.78 is 0. The average Bonchev–Trinajstić information content (AvgIpc) is 3.27. The summed E-state index contributed by atoms with van der Waals surface area (Å²) in [5.74, 6) is 0.229. The Morgan fingerprint density at radius 3 is 2.71 bits per heavy atom. The van der Waals surface area contributed by atoms with Gasteiger partial charge in [-0.25, -0.2) is 0 Å². The second-order valence-corrected chi connectivity index (χ2v) is 10.3. The second kappa shape index (κ2) is 8.19. The highest BCUT2D eigenvalue weighted by atomic mass is 16.1. The normalized spacial score (nSPS) is 24.9. The van der Waals surface area contributed by atoms with E-state index < -0.39 is 5.41 Å². The van der Waals surface area contributed by atoms with E-state index in [1.54, 1.807) is 0 Å². The molecule has 2 atom stereocenters. The summed E-state index contributed by atoms with van der Waals surface area (Å²) in [7, 11) is 0. The van der Waals surface area contributed by atoms with E-state index in [1.807, 2.05) is 25.4 Å². The maximum atomic E-state index is 13.7. The number of carbonyl (C=O) groups is 1. The molecule has 3 aliphatic rings. The van der Waals surface area contributed by atoms with Crippen LogP contribution in [0.25, 0.3) is 0 Å². The van der Waals surface area contributed by atoms with Crippen molar-refractivity contribution < 1.29 is 4.79 Å². The molecule has 0 saturated carbocycles. The van der Waals surface area contributed by atoms with Crippen LogP contribution in [0.4, 0.5) is 11.4 Å². The van der Waals surface area contributed by atoms with E-state index in [-0.39, 0.29) is 17.4 Å². The minimum atomic E-state index is -0.540. The number of anilines is 2. The SMILES string of the molecule is CCN(c1cccc(C2(CC)C3=CN=NC3NC3=C2C(=O)CC(C)(C)C3)c1)c1cccnc1C. The fourth-order valence-electron chi connectivity index (χ4n) is 6.08. The van der Waals surface area contributed by atoms with Crippen LogP contribution in [0, 0.1) is 12.3 Å². The summed E-state index contributed by atoms with van der Waals surface area (Å²) >= 11 is 0. The minimum absolute atomic E-state index is 0.0714. The first-order chi connectivity index (χ1) is 16.3. The van der Waals surface area contributed by atoms with Crippen molar-refractivity contribution >= 4 is 17.2 Å². The number of rotatable bonds is 5. The number of aromatic nitrogens is 1. The minimum Gasteiger partial charge on any atom is -0.362 e. The lowest BCUT2D eigenvalue weighted by Crippen LogP contribution is -2.51. The van der Waals surface area contributed by atoms with E-state index in [0.717, 1.165) is 58.9 Å². The first-order valence-electron chi connectivity index (χ1n) is 12.2. The molecule has 5 rings (SSSR count). The Balaban J connectivity index is 1.70. The molecule has 0 amide bonds. The van der Waals surface area contributed by atoms with Gasteiger partial charge in [0.1, 0.15) is 0 Å². The Bertz CT molecular complexity index is 1240. The molecule has 0 fully saturated rings. The molecule has 0 spiro atoms. The molecule has 1 aromatic carbocycles. The molecule has 34 heavy (non-hydrogen) atoms. The summed E-state index contributed by atoms with van der Waals surface area (Å²) in [5, 5.41) is 12.3. The van der Waals surface area contributed by atoms with Crippen molar-refractivity contribution in [3.63, 3.8) is 0 Å². The maximum absolute atomic E-state index is 13.7. The third-order valence-electron chi connectivity index (χ3n) is 7.55. The van der Waals surface area contributed by atoms with E-state index in [0.29, 0.717) is 6.42 Å². The number of nitrogens with one attached hydrogen (secondary N) is 1. The zero-order chi connectivity index (χ0) is 24.1. The van der Waals surface area contributed by atoms with Crippen molar-refractivity contribution in [3.8, 4) is 0 Å². The second-order valence-electron chi connectivity index (χ2n) is 10.3. The number of fused-ring (bicyclic) bond motifs is 1. The molecule has 2 aromatic rings. The Morgan fingerprint density at radius 1 is 1.15 bits per heavy atom. The van der Waals surface area contributed by atoms with E-state index in [2.05, 4.69) is 83.5 Å². The molecule has 0 radical (unpaired) electrons. The summed E-state index contributed by atoms with van der Waals surface area (Å²) in [6.07, 6.45) is 5.64. The van der Waals surface area contributed by atoms with E-state index in [1.165, 1.54) is 0 Å². The highest BCUT2D eigenvalue weighted by molar-refractivity contribution is 6.01. The molecule has 176 valence electrons. The molecule has 3 heterocycles. The number of Topliss-reactive ketones (excluding diaryl/α,β-unsaturated/α-hetero) is 1. The van der Waals surface area contributed by atoms with Crippen LogP contribution in [0.15, 0.2) is 75.9 Å². The average molecular weight is 456 g/mol. The monoisotopic (exact) mass is 455 g/mol. The third-order valence-corrected chi connectivity index (χ3v) is 7.55. The molecule has 1 aliphatic carbocycles.